The Morgan fingerprint density at radius 2 is 1.92 bits per heavy atom. The zero-order chi connectivity index (χ0) is 17.4. The molecule has 0 bridgehead atoms. The number of aliphatic imine (C=N–C) groups is 1. The van der Waals surface area contributed by atoms with E-state index in [4.69, 9.17) is 9.73 Å². The van der Waals surface area contributed by atoms with Crippen molar-refractivity contribution in [2.24, 2.45) is 4.99 Å². The molecule has 2 heterocycles. The summed E-state index contributed by atoms with van der Waals surface area (Å²) >= 11 is 0. The normalized spacial score (nSPS) is 25.8. The first-order valence-corrected chi connectivity index (χ1v) is 10.1. The van der Waals surface area contributed by atoms with Gasteiger partial charge >= 0.3 is 0 Å². The summed E-state index contributed by atoms with van der Waals surface area (Å²) in [5, 5.41) is 3.49. The van der Waals surface area contributed by atoms with E-state index in [9.17, 15) is 0 Å². The van der Waals surface area contributed by atoms with Crippen LogP contribution in [-0.4, -0.2) is 73.3 Å². The Hall–Kier alpha value is -0.810. The average molecular weight is 339 g/mol. The fourth-order valence-corrected chi connectivity index (χ4v) is 3.99. The third-order valence-corrected chi connectivity index (χ3v) is 5.40. The van der Waals surface area contributed by atoms with Crippen LogP contribution in [0.3, 0.4) is 0 Å². The molecule has 140 valence electrons. The monoisotopic (exact) mass is 338 g/mol. The van der Waals surface area contributed by atoms with Crippen molar-refractivity contribution in [3.63, 3.8) is 0 Å². The molecule has 0 saturated carbocycles. The quantitative estimate of drug-likeness (QED) is 0.597. The summed E-state index contributed by atoms with van der Waals surface area (Å²) in [6.45, 7) is 14.9. The van der Waals surface area contributed by atoms with Crippen molar-refractivity contribution in [3.05, 3.63) is 0 Å². The van der Waals surface area contributed by atoms with Gasteiger partial charge in [-0.25, -0.2) is 0 Å². The minimum Gasteiger partial charge on any atom is -0.378 e. The minimum atomic E-state index is 0.433. The summed E-state index contributed by atoms with van der Waals surface area (Å²) in [5.41, 5.74) is 0. The topological polar surface area (TPSA) is 40.1 Å². The molecule has 2 atom stereocenters. The number of nitrogens with zero attached hydrogens (tertiary/aromatic N) is 3. The van der Waals surface area contributed by atoms with Crippen LogP contribution in [0.2, 0.25) is 0 Å². The molecule has 0 aliphatic carbocycles. The van der Waals surface area contributed by atoms with Gasteiger partial charge in [-0.15, -0.1) is 0 Å². The van der Waals surface area contributed by atoms with E-state index in [1.54, 1.807) is 0 Å². The van der Waals surface area contributed by atoms with Crippen LogP contribution in [0.25, 0.3) is 0 Å². The van der Waals surface area contributed by atoms with Crippen molar-refractivity contribution in [1.82, 2.24) is 15.1 Å². The van der Waals surface area contributed by atoms with E-state index >= 15 is 0 Å². The molecule has 2 saturated heterocycles. The molecule has 2 fully saturated rings. The molecule has 0 amide bonds. The van der Waals surface area contributed by atoms with E-state index in [-0.39, 0.29) is 0 Å². The molecule has 0 spiro atoms. The Morgan fingerprint density at radius 1 is 1.17 bits per heavy atom. The van der Waals surface area contributed by atoms with E-state index in [1.165, 1.54) is 25.8 Å². The second-order valence-corrected chi connectivity index (χ2v) is 7.27. The molecule has 2 rings (SSSR count). The summed E-state index contributed by atoms with van der Waals surface area (Å²) in [6.07, 6.45) is 6.70. The minimum absolute atomic E-state index is 0.433. The van der Waals surface area contributed by atoms with Crippen LogP contribution >= 0.6 is 0 Å². The number of rotatable bonds is 6. The Morgan fingerprint density at radius 3 is 2.54 bits per heavy atom. The van der Waals surface area contributed by atoms with E-state index in [1.807, 2.05) is 0 Å². The highest BCUT2D eigenvalue weighted by molar-refractivity contribution is 5.80. The predicted octanol–water partition coefficient (Wildman–Crippen LogP) is 2.72. The Bertz CT molecular complexity index is 380. The number of ether oxygens (including phenoxy) is 1. The zero-order valence-electron chi connectivity index (χ0n) is 16.3. The van der Waals surface area contributed by atoms with Gasteiger partial charge < -0.3 is 15.0 Å². The summed E-state index contributed by atoms with van der Waals surface area (Å²) in [4.78, 5) is 10.0. The van der Waals surface area contributed by atoms with Crippen LogP contribution in [0.15, 0.2) is 4.99 Å². The molecular formula is C19H38N4O. The summed E-state index contributed by atoms with van der Waals surface area (Å²) in [5.74, 6) is 1.09. The highest BCUT2D eigenvalue weighted by atomic mass is 16.5. The van der Waals surface area contributed by atoms with Crippen LogP contribution in [0, 0.1) is 0 Å². The second-order valence-electron chi connectivity index (χ2n) is 7.27. The third kappa shape index (κ3) is 5.62. The third-order valence-electron chi connectivity index (χ3n) is 5.40. The van der Waals surface area contributed by atoms with Crippen molar-refractivity contribution in [2.75, 3.05) is 39.3 Å². The van der Waals surface area contributed by atoms with Crippen LogP contribution in [-0.2, 0) is 4.74 Å². The van der Waals surface area contributed by atoms with Gasteiger partial charge in [0.05, 0.1) is 12.6 Å². The average Bonchev–Trinajstić information content (AvgIpc) is 2.60. The molecule has 0 aromatic heterocycles. The van der Waals surface area contributed by atoms with Crippen molar-refractivity contribution in [2.45, 2.75) is 78.0 Å². The molecule has 0 aromatic rings. The lowest BCUT2D eigenvalue weighted by atomic mass is 10.0. The van der Waals surface area contributed by atoms with Gasteiger partial charge in [0.15, 0.2) is 5.96 Å². The van der Waals surface area contributed by atoms with E-state index in [0.717, 1.165) is 51.6 Å². The maximum Gasteiger partial charge on any atom is 0.193 e. The summed E-state index contributed by atoms with van der Waals surface area (Å²) in [6, 6.07) is 1.23. The fraction of sp³-hybridized carbons (Fsp3) is 0.947. The van der Waals surface area contributed by atoms with E-state index in [0.29, 0.717) is 18.2 Å². The maximum absolute atomic E-state index is 5.77. The zero-order valence-corrected chi connectivity index (χ0v) is 16.3. The molecule has 1 N–H and O–H groups in total. The first-order chi connectivity index (χ1) is 11.7. The lowest BCUT2D eigenvalue weighted by Crippen LogP contribution is -2.48. The van der Waals surface area contributed by atoms with Crippen molar-refractivity contribution < 1.29 is 4.74 Å². The van der Waals surface area contributed by atoms with Crippen LogP contribution in [0.5, 0.6) is 0 Å². The Labute approximate surface area is 148 Å². The fourth-order valence-electron chi connectivity index (χ4n) is 3.99. The number of piperidine rings is 2. The van der Waals surface area contributed by atoms with Gasteiger partial charge in [-0.05, 0) is 59.9 Å². The standard InChI is InChI=1S/C19H38N4O/c1-5-20-19(22-13-10-18(11-14-22)24-6-2)21-15-17(4)23-12-8-7-9-16(23)3/h16-18H,5-15H2,1-4H3,(H,20,21). The van der Waals surface area contributed by atoms with E-state index in [2.05, 4.69) is 42.8 Å². The maximum atomic E-state index is 5.77. The predicted molar refractivity (Wildman–Crippen MR) is 102 cm³/mol. The van der Waals surface area contributed by atoms with Gasteiger partial charge in [-0.1, -0.05) is 6.42 Å². The number of likely N-dealkylation sites (tertiary alicyclic amines) is 2. The number of hydrogen-bond donors (Lipinski definition) is 1. The second kappa shape index (κ2) is 10.2. The largest absolute Gasteiger partial charge is 0.378 e. The Balaban J connectivity index is 1.88. The molecule has 24 heavy (non-hydrogen) atoms. The van der Waals surface area contributed by atoms with E-state index < -0.39 is 0 Å². The molecule has 5 heteroatoms. The number of guanidine groups is 1. The smallest absolute Gasteiger partial charge is 0.193 e. The Kier molecular flexibility index (Phi) is 8.33. The molecule has 0 aromatic carbocycles. The lowest BCUT2D eigenvalue weighted by molar-refractivity contribution is 0.0263. The van der Waals surface area contributed by atoms with Gasteiger partial charge in [0.2, 0.25) is 0 Å². The van der Waals surface area contributed by atoms with Gasteiger partial charge in [0, 0.05) is 38.3 Å². The van der Waals surface area contributed by atoms with Crippen LogP contribution in [0.1, 0.15) is 59.8 Å². The molecule has 0 radical (unpaired) electrons. The van der Waals surface area contributed by atoms with Gasteiger partial charge in [-0.2, -0.15) is 0 Å². The first-order valence-electron chi connectivity index (χ1n) is 10.1. The molecular weight excluding hydrogens is 300 g/mol. The molecule has 5 nitrogen and oxygen atoms in total. The molecule has 2 aliphatic rings. The van der Waals surface area contributed by atoms with Crippen molar-refractivity contribution in [3.8, 4) is 0 Å². The number of nitrogens with one attached hydrogen (secondary N) is 1. The SMILES string of the molecule is CCNC(=NCC(C)N1CCCCC1C)N1CCC(OCC)CC1. The van der Waals surface area contributed by atoms with Gasteiger partial charge in [-0.3, -0.25) is 9.89 Å². The van der Waals surface area contributed by atoms with Crippen molar-refractivity contribution in [1.29, 1.82) is 0 Å². The van der Waals surface area contributed by atoms with Gasteiger partial charge in [0.25, 0.3) is 0 Å². The van der Waals surface area contributed by atoms with Gasteiger partial charge in [0.1, 0.15) is 0 Å². The highest BCUT2D eigenvalue weighted by Gasteiger charge is 2.24. The first kappa shape index (κ1) is 19.5. The lowest BCUT2D eigenvalue weighted by Gasteiger charge is -2.38. The summed E-state index contributed by atoms with van der Waals surface area (Å²) < 4.78 is 5.77. The number of hydrogen-bond acceptors (Lipinski definition) is 3. The molecule has 2 aliphatic heterocycles. The molecule has 2 unspecified atom stereocenters. The van der Waals surface area contributed by atoms with Crippen LogP contribution < -0.4 is 5.32 Å². The van der Waals surface area contributed by atoms with Crippen molar-refractivity contribution >= 4 is 5.96 Å². The van der Waals surface area contributed by atoms with Crippen LogP contribution in [0.4, 0.5) is 0 Å². The summed E-state index contributed by atoms with van der Waals surface area (Å²) in [7, 11) is 0. The highest BCUT2D eigenvalue weighted by Crippen LogP contribution is 2.19.